The zero-order chi connectivity index (χ0) is 11.4. The second kappa shape index (κ2) is 5.55. The molecule has 1 aromatic carbocycles. The number of ketones is 1. The maximum absolute atomic E-state index is 11.6. The number of rotatable bonds is 4. The summed E-state index contributed by atoms with van der Waals surface area (Å²) in [6.45, 7) is 0. The first kappa shape index (κ1) is 12.6. The highest BCUT2D eigenvalue weighted by Crippen LogP contribution is 2.22. The molecular weight excluding hydrogens is 377 g/mol. The van der Waals surface area contributed by atoms with Gasteiger partial charge in [-0.2, -0.15) is 0 Å². The van der Waals surface area contributed by atoms with Gasteiger partial charge in [0, 0.05) is 21.4 Å². The standard InChI is InChI=1S/C9H7BrINO3/c10-4-3-9(13)7-5-6(11)1-2-8(7)12(14)15/h1-2,5H,3-4H2. The van der Waals surface area contributed by atoms with Gasteiger partial charge in [0.15, 0.2) is 5.78 Å². The number of hydrogen-bond donors (Lipinski definition) is 0. The Labute approximate surface area is 108 Å². The molecule has 0 aliphatic rings. The van der Waals surface area contributed by atoms with Gasteiger partial charge in [0.2, 0.25) is 0 Å². The van der Waals surface area contributed by atoms with Crippen molar-refractivity contribution in [3.05, 3.63) is 37.4 Å². The van der Waals surface area contributed by atoms with E-state index in [-0.39, 0.29) is 23.5 Å². The van der Waals surface area contributed by atoms with Crippen LogP contribution in [0.2, 0.25) is 0 Å². The monoisotopic (exact) mass is 383 g/mol. The number of nitro benzene ring substituents is 1. The summed E-state index contributed by atoms with van der Waals surface area (Å²) in [5.41, 5.74) is 0.0627. The molecule has 0 N–H and O–H groups in total. The second-order valence-electron chi connectivity index (χ2n) is 2.78. The Balaban J connectivity index is 3.18. The normalized spacial score (nSPS) is 10.0. The van der Waals surface area contributed by atoms with Crippen LogP contribution >= 0.6 is 38.5 Å². The van der Waals surface area contributed by atoms with Crippen LogP contribution in [0.5, 0.6) is 0 Å². The molecule has 4 nitrogen and oxygen atoms in total. The average Bonchev–Trinajstić information content (AvgIpc) is 2.17. The number of alkyl halides is 1. The molecule has 0 saturated carbocycles. The van der Waals surface area contributed by atoms with Crippen LogP contribution in [0.15, 0.2) is 18.2 Å². The molecule has 0 aromatic heterocycles. The first-order valence-electron chi connectivity index (χ1n) is 4.09. The summed E-state index contributed by atoms with van der Waals surface area (Å²) in [4.78, 5) is 21.7. The SMILES string of the molecule is O=C(CCBr)c1cc(I)ccc1[N+](=O)[O-]. The van der Waals surface area contributed by atoms with Crippen molar-refractivity contribution in [3.63, 3.8) is 0 Å². The first-order valence-corrected chi connectivity index (χ1v) is 6.29. The van der Waals surface area contributed by atoms with Crippen LogP contribution in [0.3, 0.4) is 0 Å². The van der Waals surface area contributed by atoms with Crippen molar-refractivity contribution >= 4 is 50.0 Å². The van der Waals surface area contributed by atoms with Crippen LogP contribution in [-0.4, -0.2) is 16.0 Å². The van der Waals surface area contributed by atoms with Crippen LogP contribution < -0.4 is 0 Å². The molecule has 0 bridgehead atoms. The molecule has 0 amide bonds. The molecule has 0 fully saturated rings. The van der Waals surface area contributed by atoms with E-state index in [2.05, 4.69) is 15.9 Å². The maximum atomic E-state index is 11.6. The fourth-order valence-electron chi connectivity index (χ4n) is 1.11. The van der Waals surface area contributed by atoms with Crippen LogP contribution in [0.4, 0.5) is 5.69 Å². The summed E-state index contributed by atoms with van der Waals surface area (Å²) < 4.78 is 0.816. The largest absolute Gasteiger partial charge is 0.294 e. The van der Waals surface area contributed by atoms with E-state index in [1.165, 1.54) is 6.07 Å². The molecule has 15 heavy (non-hydrogen) atoms. The minimum atomic E-state index is -0.530. The van der Waals surface area contributed by atoms with Gasteiger partial charge < -0.3 is 0 Å². The van der Waals surface area contributed by atoms with Crippen molar-refractivity contribution < 1.29 is 9.72 Å². The van der Waals surface area contributed by atoms with Crippen LogP contribution in [0, 0.1) is 13.7 Å². The number of halogens is 2. The number of hydrogen-bond acceptors (Lipinski definition) is 3. The van der Waals surface area contributed by atoms with Gasteiger partial charge in [-0.3, -0.25) is 14.9 Å². The lowest BCUT2D eigenvalue weighted by Crippen LogP contribution is -2.04. The quantitative estimate of drug-likeness (QED) is 0.264. The van der Waals surface area contributed by atoms with Crippen molar-refractivity contribution in [2.24, 2.45) is 0 Å². The Morgan fingerprint density at radius 2 is 2.20 bits per heavy atom. The molecule has 0 aliphatic heterocycles. The Morgan fingerprint density at radius 1 is 1.53 bits per heavy atom. The Kier molecular flexibility index (Phi) is 4.65. The highest BCUT2D eigenvalue weighted by molar-refractivity contribution is 14.1. The minimum absolute atomic E-state index is 0.124. The van der Waals surface area contributed by atoms with Gasteiger partial charge in [0.05, 0.1) is 10.5 Å². The molecule has 1 aromatic rings. The van der Waals surface area contributed by atoms with Gasteiger partial charge in [-0.05, 0) is 34.7 Å². The molecule has 0 heterocycles. The van der Waals surface area contributed by atoms with Crippen molar-refractivity contribution in [3.8, 4) is 0 Å². The molecule has 0 saturated heterocycles. The van der Waals surface area contributed by atoms with E-state index in [0.29, 0.717) is 5.33 Å². The number of nitro groups is 1. The summed E-state index contributed by atoms with van der Waals surface area (Å²) in [7, 11) is 0. The molecule has 0 spiro atoms. The highest BCUT2D eigenvalue weighted by atomic mass is 127. The van der Waals surface area contributed by atoms with Crippen molar-refractivity contribution in [1.29, 1.82) is 0 Å². The predicted octanol–water partition coefficient (Wildman–Crippen LogP) is 3.17. The smallest absolute Gasteiger partial charge is 0.280 e. The number of nitrogens with zero attached hydrogens (tertiary/aromatic N) is 1. The lowest BCUT2D eigenvalue weighted by Gasteiger charge is -2.01. The van der Waals surface area contributed by atoms with Crippen LogP contribution in [-0.2, 0) is 0 Å². The third-order valence-electron chi connectivity index (χ3n) is 1.78. The zero-order valence-electron chi connectivity index (χ0n) is 7.57. The molecule has 0 atom stereocenters. The van der Waals surface area contributed by atoms with Gasteiger partial charge >= 0.3 is 0 Å². The lowest BCUT2D eigenvalue weighted by atomic mass is 10.1. The molecule has 6 heteroatoms. The van der Waals surface area contributed by atoms with Crippen molar-refractivity contribution in [2.45, 2.75) is 6.42 Å². The molecule has 0 aliphatic carbocycles. The number of carbonyl (C=O) groups is 1. The van der Waals surface area contributed by atoms with Gasteiger partial charge in [0.1, 0.15) is 0 Å². The number of benzene rings is 1. The van der Waals surface area contributed by atoms with Crippen LogP contribution in [0.25, 0.3) is 0 Å². The molecule has 80 valence electrons. The molecule has 0 radical (unpaired) electrons. The third kappa shape index (κ3) is 3.23. The van der Waals surface area contributed by atoms with Crippen LogP contribution in [0.1, 0.15) is 16.8 Å². The van der Waals surface area contributed by atoms with E-state index in [1.54, 1.807) is 12.1 Å². The zero-order valence-corrected chi connectivity index (χ0v) is 11.3. The maximum Gasteiger partial charge on any atom is 0.280 e. The summed E-state index contributed by atoms with van der Waals surface area (Å²) in [6.07, 6.45) is 0.265. The highest BCUT2D eigenvalue weighted by Gasteiger charge is 2.19. The first-order chi connectivity index (χ1) is 7.06. The average molecular weight is 384 g/mol. The number of carbonyl (C=O) groups excluding carboxylic acids is 1. The van der Waals surface area contributed by atoms with E-state index in [9.17, 15) is 14.9 Å². The van der Waals surface area contributed by atoms with E-state index >= 15 is 0 Å². The van der Waals surface area contributed by atoms with E-state index in [1.807, 2.05) is 22.6 Å². The second-order valence-corrected chi connectivity index (χ2v) is 4.82. The van der Waals surface area contributed by atoms with Gasteiger partial charge in [-0.15, -0.1) is 0 Å². The van der Waals surface area contributed by atoms with E-state index in [4.69, 9.17) is 0 Å². The van der Waals surface area contributed by atoms with Gasteiger partial charge in [-0.25, -0.2) is 0 Å². The predicted molar refractivity (Wildman–Crippen MR) is 68.6 cm³/mol. The molecule has 1 rings (SSSR count). The molecule has 0 unspecified atom stereocenters. The Morgan fingerprint density at radius 3 is 2.73 bits per heavy atom. The minimum Gasteiger partial charge on any atom is -0.294 e. The van der Waals surface area contributed by atoms with Crippen molar-refractivity contribution in [1.82, 2.24) is 0 Å². The summed E-state index contributed by atoms with van der Waals surface area (Å²) in [5, 5.41) is 11.2. The van der Waals surface area contributed by atoms with E-state index < -0.39 is 4.92 Å². The summed E-state index contributed by atoms with van der Waals surface area (Å²) in [6, 6.07) is 4.52. The molecular formula is C9H7BrINO3. The third-order valence-corrected chi connectivity index (χ3v) is 2.84. The van der Waals surface area contributed by atoms with Gasteiger partial charge in [-0.1, -0.05) is 15.9 Å². The summed E-state index contributed by atoms with van der Waals surface area (Å²) >= 11 is 5.16. The van der Waals surface area contributed by atoms with Gasteiger partial charge in [0.25, 0.3) is 5.69 Å². The number of Topliss-reactive ketones (excluding diaryl/α,β-unsaturated/α-hetero) is 1. The summed E-state index contributed by atoms with van der Waals surface area (Å²) in [5.74, 6) is -0.211. The fraction of sp³-hybridized carbons (Fsp3) is 0.222. The Bertz CT molecular complexity index is 408. The Hall–Kier alpha value is -0.500. The fourth-order valence-corrected chi connectivity index (χ4v) is 1.96. The topological polar surface area (TPSA) is 60.2 Å². The van der Waals surface area contributed by atoms with E-state index in [0.717, 1.165) is 3.57 Å². The van der Waals surface area contributed by atoms with Crippen molar-refractivity contribution in [2.75, 3.05) is 5.33 Å². The lowest BCUT2D eigenvalue weighted by molar-refractivity contribution is -0.385.